The van der Waals surface area contributed by atoms with Gasteiger partial charge in [0.25, 0.3) is 0 Å². The highest BCUT2D eigenvalue weighted by atomic mass is 16.5. The first-order valence-corrected chi connectivity index (χ1v) is 6.28. The first kappa shape index (κ1) is 12.4. The largest absolute Gasteiger partial charge is 0.491 e. The van der Waals surface area contributed by atoms with Gasteiger partial charge in [-0.1, -0.05) is 12.1 Å². The maximum Gasteiger partial charge on any atom is 0.119 e. The SMILES string of the molecule is CC(O)c1ccc(OCC2CCCCO2)cc1. The molecule has 94 valence electrons. The standard InChI is InChI=1S/C14H20O3/c1-11(15)12-5-7-13(8-6-12)17-10-14-4-2-3-9-16-14/h5-8,11,14-15H,2-4,9-10H2,1H3. The number of ether oxygens (including phenoxy) is 2. The fourth-order valence-electron chi connectivity index (χ4n) is 1.97. The molecule has 0 bridgehead atoms. The van der Waals surface area contributed by atoms with Gasteiger partial charge in [-0.2, -0.15) is 0 Å². The number of aliphatic hydroxyl groups is 1. The van der Waals surface area contributed by atoms with Crippen LogP contribution in [-0.2, 0) is 4.74 Å². The maximum atomic E-state index is 9.39. The molecule has 0 radical (unpaired) electrons. The third-order valence-corrected chi connectivity index (χ3v) is 3.07. The van der Waals surface area contributed by atoms with Crippen LogP contribution in [0.5, 0.6) is 5.75 Å². The molecule has 2 rings (SSSR count). The molecule has 0 aliphatic carbocycles. The quantitative estimate of drug-likeness (QED) is 0.873. The Morgan fingerprint density at radius 2 is 2.12 bits per heavy atom. The number of hydrogen-bond acceptors (Lipinski definition) is 3. The molecular formula is C14H20O3. The van der Waals surface area contributed by atoms with Crippen LogP contribution < -0.4 is 4.74 Å². The molecular weight excluding hydrogens is 216 g/mol. The summed E-state index contributed by atoms with van der Waals surface area (Å²) in [7, 11) is 0. The summed E-state index contributed by atoms with van der Waals surface area (Å²) in [5.41, 5.74) is 0.909. The minimum Gasteiger partial charge on any atom is -0.491 e. The molecule has 1 N–H and O–H groups in total. The zero-order valence-electron chi connectivity index (χ0n) is 10.3. The van der Waals surface area contributed by atoms with Crippen molar-refractivity contribution in [2.75, 3.05) is 13.2 Å². The Kier molecular flexibility index (Phi) is 4.40. The van der Waals surface area contributed by atoms with Crippen LogP contribution in [-0.4, -0.2) is 24.4 Å². The van der Waals surface area contributed by atoms with E-state index >= 15 is 0 Å². The van der Waals surface area contributed by atoms with Crippen LogP contribution >= 0.6 is 0 Å². The van der Waals surface area contributed by atoms with Gasteiger partial charge in [-0.05, 0) is 43.9 Å². The summed E-state index contributed by atoms with van der Waals surface area (Å²) in [4.78, 5) is 0. The predicted octanol–water partition coefficient (Wildman–Crippen LogP) is 2.69. The summed E-state index contributed by atoms with van der Waals surface area (Å²) in [5.74, 6) is 0.837. The number of hydrogen-bond donors (Lipinski definition) is 1. The minimum absolute atomic E-state index is 0.236. The third kappa shape index (κ3) is 3.72. The van der Waals surface area contributed by atoms with Gasteiger partial charge in [-0.25, -0.2) is 0 Å². The molecule has 0 aromatic heterocycles. The summed E-state index contributed by atoms with van der Waals surface area (Å²) < 4.78 is 11.3. The molecule has 17 heavy (non-hydrogen) atoms. The minimum atomic E-state index is -0.425. The first-order chi connectivity index (χ1) is 8.25. The predicted molar refractivity (Wildman–Crippen MR) is 66.2 cm³/mol. The van der Waals surface area contributed by atoms with E-state index in [0.29, 0.717) is 6.61 Å². The highest BCUT2D eigenvalue weighted by Gasteiger charge is 2.14. The van der Waals surface area contributed by atoms with Gasteiger partial charge in [0.05, 0.1) is 12.2 Å². The van der Waals surface area contributed by atoms with E-state index in [4.69, 9.17) is 9.47 Å². The van der Waals surface area contributed by atoms with Crippen molar-refractivity contribution in [1.29, 1.82) is 0 Å². The van der Waals surface area contributed by atoms with Crippen LogP contribution in [0.2, 0.25) is 0 Å². The van der Waals surface area contributed by atoms with Gasteiger partial charge >= 0.3 is 0 Å². The van der Waals surface area contributed by atoms with Crippen molar-refractivity contribution >= 4 is 0 Å². The second-order valence-electron chi connectivity index (χ2n) is 4.54. The van der Waals surface area contributed by atoms with Crippen molar-refractivity contribution in [3.05, 3.63) is 29.8 Å². The van der Waals surface area contributed by atoms with E-state index in [1.54, 1.807) is 6.92 Å². The van der Waals surface area contributed by atoms with E-state index in [1.807, 2.05) is 24.3 Å². The van der Waals surface area contributed by atoms with E-state index in [0.717, 1.165) is 24.3 Å². The van der Waals surface area contributed by atoms with Crippen molar-refractivity contribution in [3.8, 4) is 5.75 Å². The molecule has 1 aliphatic rings. The normalized spacial score (nSPS) is 22.1. The molecule has 3 heteroatoms. The lowest BCUT2D eigenvalue weighted by Gasteiger charge is -2.22. The number of benzene rings is 1. The maximum absolute atomic E-state index is 9.39. The van der Waals surface area contributed by atoms with Crippen molar-refractivity contribution < 1.29 is 14.6 Å². The third-order valence-electron chi connectivity index (χ3n) is 3.07. The van der Waals surface area contributed by atoms with Crippen LogP contribution in [0.1, 0.15) is 37.9 Å². The van der Waals surface area contributed by atoms with E-state index < -0.39 is 6.10 Å². The molecule has 1 aromatic rings. The molecule has 2 atom stereocenters. The van der Waals surface area contributed by atoms with Gasteiger partial charge in [0.15, 0.2) is 0 Å². The van der Waals surface area contributed by atoms with Gasteiger partial charge in [0.1, 0.15) is 12.4 Å². The molecule has 1 aliphatic heterocycles. The average molecular weight is 236 g/mol. The van der Waals surface area contributed by atoms with Crippen LogP contribution in [0.4, 0.5) is 0 Å². The van der Waals surface area contributed by atoms with E-state index in [1.165, 1.54) is 12.8 Å². The fourth-order valence-corrected chi connectivity index (χ4v) is 1.97. The van der Waals surface area contributed by atoms with Crippen molar-refractivity contribution in [2.45, 2.75) is 38.4 Å². The zero-order valence-corrected chi connectivity index (χ0v) is 10.3. The fraction of sp³-hybridized carbons (Fsp3) is 0.571. The smallest absolute Gasteiger partial charge is 0.119 e. The van der Waals surface area contributed by atoms with Crippen molar-refractivity contribution in [2.24, 2.45) is 0 Å². The highest BCUT2D eigenvalue weighted by molar-refractivity contribution is 5.28. The van der Waals surface area contributed by atoms with Gasteiger partial charge in [-0.15, -0.1) is 0 Å². The molecule has 1 fully saturated rings. The van der Waals surface area contributed by atoms with Crippen molar-refractivity contribution in [1.82, 2.24) is 0 Å². The summed E-state index contributed by atoms with van der Waals surface area (Å²) >= 11 is 0. The van der Waals surface area contributed by atoms with Gasteiger partial charge in [0, 0.05) is 6.61 Å². The molecule has 1 aromatic carbocycles. The lowest BCUT2D eigenvalue weighted by atomic mass is 10.1. The van der Waals surface area contributed by atoms with E-state index in [9.17, 15) is 5.11 Å². The topological polar surface area (TPSA) is 38.7 Å². The van der Waals surface area contributed by atoms with E-state index in [-0.39, 0.29) is 6.10 Å². The lowest BCUT2D eigenvalue weighted by Crippen LogP contribution is -2.25. The summed E-state index contributed by atoms with van der Waals surface area (Å²) in [6.07, 6.45) is 3.30. The first-order valence-electron chi connectivity index (χ1n) is 6.28. The molecule has 0 spiro atoms. The second kappa shape index (κ2) is 6.03. The Hall–Kier alpha value is -1.06. The molecule has 0 saturated carbocycles. The zero-order chi connectivity index (χ0) is 12.1. The number of rotatable bonds is 4. The Balaban J connectivity index is 1.82. The van der Waals surface area contributed by atoms with Crippen LogP contribution in [0.15, 0.2) is 24.3 Å². The average Bonchev–Trinajstić information content (AvgIpc) is 2.38. The highest BCUT2D eigenvalue weighted by Crippen LogP contribution is 2.19. The van der Waals surface area contributed by atoms with Crippen LogP contribution in [0.25, 0.3) is 0 Å². The van der Waals surface area contributed by atoms with Crippen LogP contribution in [0, 0.1) is 0 Å². The second-order valence-corrected chi connectivity index (χ2v) is 4.54. The Bertz CT molecular complexity index is 326. The van der Waals surface area contributed by atoms with Crippen molar-refractivity contribution in [3.63, 3.8) is 0 Å². The van der Waals surface area contributed by atoms with Gasteiger partial charge in [0.2, 0.25) is 0 Å². The monoisotopic (exact) mass is 236 g/mol. The van der Waals surface area contributed by atoms with Crippen LogP contribution in [0.3, 0.4) is 0 Å². The molecule has 2 unspecified atom stereocenters. The lowest BCUT2D eigenvalue weighted by molar-refractivity contribution is -0.0110. The summed E-state index contributed by atoms with van der Waals surface area (Å²) in [6.45, 7) is 3.23. The van der Waals surface area contributed by atoms with Gasteiger partial charge in [-0.3, -0.25) is 0 Å². The number of aliphatic hydroxyl groups excluding tert-OH is 1. The van der Waals surface area contributed by atoms with Gasteiger partial charge < -0.3 is 14.6 Å². The molecule has 1 heterocycles. The molecule has 3 nitrogen and oxygen atoms in total. The Morgan fingerprint density at radius 1 is 1.35 bits per heavy atom. The summed E-state index contributed by atoms with van der Waals surface area (Å²) in [6, 6.07) is 7.57. The Labute approximate surface area is 102 Å². The molecule has 0 amide bonds. The Morgan fingerprint density at radius 3 is 2.71 bits per heavy atom. The molecule has 1 saturated heterocycles. The van der Waals surface area contributed by atoms with E-state index in [2.05, 4.69) is 0 Å². The summed E-state index contributed by atoms with van der Waals surface area (Å²) in [5, 5.41) is 9.39.